The van der Waals surface area contributed by atoms with Crippen molar-refractivity contribution >= 4 is 23.4 Å². The molecule has 2 aliphatic heterocycles. The molecule has 1 aromatic carbocycles. The summed E-state index contributed by atoms with van der Waals surface area (Å²) in [5.41, 5.74) is -0.188. The van der Waals surface area contributed by atoms with E-state index in [0.29, 0.717) is 11.4 Å². The predicted octanol–water partition coefficient (Wildman–Crippen LogP) is 1.21. The minimum absolute atomic E-state index is 0.133. The highest BCUT2D eigenvalue weighted by molar-refractivity contribution is 6.15. The van der Waals surface area contributed by atoms with E-state index in [1.54, 1.807) is 17.0 Å². The number of anilines is 1. The van der Waals surface area contributed by atoms with Gasteiger partial charge in [-0.15, -0.1) is 0 Å². The molecule has 2 N–H and O–H groups in total. The zero-order valence-electron chi connectivity index (χ0n) is 14.6. The lowest BCUT2D eigenvalue weighted by molar-refractivity contribution is -0.148. The Balaban J connectivity index is 1.65. The molecule has 7 nitrogen and oxygen atoms in total. The van der Waals surface area contributed by atoms with Crippen LogP contribution < -0.4 is 15.4 Å². The third-order valence-corrected chi connectivity index (χ3v) is 4.67. The van der Waals surface area contributed by atoms with Crippen molar-refractivity contribution in [1.29, 1.82) is 0 Å². The maximum atomic E-state index is 12.5. The summed E-state index contributed by atoms with van der Waals surface area (Å²) in [6, 6.07) is 5.34. The van der Waals surface area contributed by atoms with Crippen LogP contribution in [0.15, 0.2) is 18.2 Å². The van der Waals surface area contributed by atoms with Crippen molar-refractivity contribution in [3.05, 3.63) is 23.8 Å². The van der Waals surface area contributed by atoms with Gasteiger partial charge in [0.15, 0.2) is 0 Å². The molecule has 1 fully saturated rings. The highest BCUT2D eigenvalue weighted by Gasteiger charge is 2.47. The van der Waals surface area contributed by atoms with Crippen molar-refractivity contribution < 1.29 is 19.1 Å². The molecule has 2 heterocycles. The smallest absolute Gasteiger partial charge is 0.278 e. The van der Waals surface area contributed by atoms with Crippen LogP contribution >= 0.6 is 0 Å². The number of aryl methyl sites for hydroxylation is 1. The fourth-order valence-corrected chi connectivity index (χ4v) is 3.07. The van der Waals surface area contributed by atoms with Gasteiger partial charge in [-0.25, -0.2) is 0 Å². The fraction of sp³-hybridized carbons (Fsp3) is 0.500. The van der Waals surface area contributed by atoms with Crippen LogP contribution in [0.3, 0.4) is 0 Å². The third-order valence-electron chi connectivity index (χ3n) is 4.67. The second-order valence-electron chi connectivity index (χ2n) is 6.71. The Hall–Kier alpha value is -2.57. The molecule has 134 valence electrons. The summed E-state index contributed by atoms with van der Waals surface area (Å²) >= 11 is 0. The van der Waals surface area contributed by atoms with E-state index in [0.717, 1.165) is 37.9 Å². The average Bonchev–Trinajstić information content (AvgIpc) is 2.61. The van der Waals surface area contributed by atoms with Gasteiger partial charge in [0.25, 0.3) is 17.4 Å². The van der Waals surface area contributed by atoms with E-state index in [-0.39, 0.29) is 12.5 Å². The van der Waals surface area contributed by atoms with Gasteiger partial charge in [-0.3, -0.25) is 14.4 Å². The fourth-order valence-electron chi connectivity index (χ4n) is 3.07. The van der Waals surface area contributed by atoms with Crippen molar-refractivity contribution in [2.45, 2.75) is 38.7 Å². The quantitative estimate of drug-likeness (QED) is 0.806. The number of likely N-dealkylation sites (tertiary alicyclic amines) is 1. The summed E-state index contributed by atoms with van der Waals surface area (Å²) in [7, 11) is 0. The molecule has 0 radical (unpaired) electrons. The van der Waals surface area contributed by atoms with Crippen molar-refractivity contribution in [2.24, 2.45) is 0 Å². The zero-order chi connectivity index (χ0) is 18.0. The number of piperidine rings is 1. The third kappa shape index (κ3) is 3.45. The number of hydrogen-bond donors (Lipinski definition) is 2. The first kappa shape index (κ1) is 17.3. The number of fused-ring (bicyclic) bond motifs is 1. The Morgan fingerprint density at radius 3 is 2.72 bits per heavy atom. The highest BCUT2D eigenvalue weighted by Crippen LogP contribution is 2.34. The van der Waals surface area contributed by atoms with Gasteiger partial charge in [-0.05, 0) is 50.8 Å². The van der Waals surface area contributed by atoms with E-state index in [2.05, 4.69) is 10.6 Å². The Morgan fingerprint density at radius 1 is 1.28 bits per heavy atom. The van der Waals surface area contributed by atoms with Gasteiger partial charge in [0.05, 0.1) is 12.2 Å². The molecule has 0 saturated carbocycles. The predicted molar refractivity (Wildman–Crippen MR) is 92.3 cm³/mol. The van der Waals surface area contributed by atoms with Gasteiger partial charge < -0.3 is 20.3 Å². The molecule has 7 heteroatoms. The SMILES string of the molecule is Cc1ccc2c(c1)NC(=O)C(C)(C(=O)NCC(=O)N1CCCCC1)O2. The molecular weight excluding hydrogens is 322 g/mol. The van der Waals surface area contributed by atoms with Crippen LogP contribution in [0.1, 0.15) is 31.7 Å². The number of hydrogen-bond acceptors (Lipinski definition) is 4. The highest BCUT2D eigenvalue weighted by atomic mass is 16.5. The number of rotatable bonds is 3. The molecule has 0 aromatic heterocycles. The lowest BCUT2D eigenvalue weighted by Crippen LogP contribution is -2.59. The normalized spacial score (nSPS) is 22.5. The Bertz CT molecular complexity index is 712. The lowest BCUT2D eigenvalue weighted by atomic mass is 10.0. The van der Waals surface area contributed by atoms with E-state index >= 15 is 0 Å². The number of amides is 3. The molecule has 0 spiro atoms. The summed E-state index contributed by atoms with van der Waals surface area (Å²) in [5, 5.41) is 5.25. The molecule has 0 bridgehead atoms. The summed E-state index contributed by atoms with van der Waals surface area (Å²) in [6.07, 6.45) is 3.10. The molecule has 25 heavy (non-hydrogen) atoms. The number of benzene rings is 1. The van der Waals surface area contributed by atoms with Gasteiger partial charge in [-0.1, -0.05) is 6.07 Å². The van der Waals surface area contributed by atoms with E-state index in [4.69, 9.17) is 4.74 Å². The number of carbonyl (C=O) groups excluding carboxylic acids is 3. The molecule has 2 aliphatic rings. The van der Waals surface area contributed by atoms with Crippen LogP contribution in [-0.2, 0) is 14.4 Å². The second-order valence-corrected chi connectivity index (χ2v) is 6.71. The van der Waals surface area contributed by atoms with Crippen LogP contribution in [-0.4, -0.2) is 47.9 Å². The largest absolute Gasteiger partial charge is 0.466 e. The molecule has 1 atom stereocenters. The van der Waals surface area contributed by atoms with Crippen LogP contribution in [0, 0.1) is 6.92 Å². The van der Waals surface area contributed by atoms with Gasteiger partial charge in [0.1, 0.15) is 5.75 Å². The summed E-state index contributed by atoms with van der Waals surface area (Å²) in [6.45, 7) is 4.61. The molecule has 3 rings (SSSR count). The average molecular weight is 345 g/mol. The maximum absolute atomic E-state index is 12.5. The summed E-state index contributed by atoms with van der Waals surface area (Å²) in [4.78, 5) is 38.8. The van der Waals surface area contributed by atoms with Gasteiger partial charge in [-0.2, -0.15) is 0 Å². The lowest BCUT2D eigenvalue weighted by Gasteiger charge is -2.33. The van der Waals surface area contributed by atoms with Crippen LogP contribution in [0.2, 0.25) is 0 Å². The zero-order valence-corrected chi connectivity index (χ0v) is 14.6. The number of ether oxygens (including phenoxy) is 1. The van der Waals surface area contributed by atoms with Crippen LogP contribution in [0.25, 0.3) is 0 Å². The van der Waals surface area contributed by atoms with E-state index in [1.807, 2.05) is 13.0 Å². The number of nitrogens with zero attached hydrogens (tertiary/aromatic N) is 1. The van der Waals surface area contributed by atoms with Crippen LogP contribution in [0.4, 0.5) is 5.69 Å². The van der Waals surface area contributed by atoms with Gasteiger partial charge in [0.2, 0.25) is 5.91 Å². The minimum Gasteiger partial charge on any atom is -0.466 e. The molecule has 3 amide bonds. The molecule has 1 unspecified atom stereocenters. The molecule has 1 aromatic rings. The van der Waals surface area contributed by atoms with E-state index < -0.39 is 17.4 Å². The maximum Gasteiger partial charge on any atom is 0.278 e. The summed E-state index contributed by atoms with van der Waals surface area (Å²) in [5.74, 6) is -0.871. The topological polar surface area (TPSA) is 87.7 Å². The van der Waals surface area contributed by atoms with E-state index in [9.17, 15) is 14.4 Å². The van der Waals surface area contributed by atoms with Gasteiger partial charge in [0, 0.05) is 13.1 Å². The van der Waals surface area contributed by atoms with Gasteiger partial charge >= 0.3 is 0 Å². The Labute approximate surface area is 146 Å². The summed E-state index contributed by atoms with van der Waals surface area (Å²) < 4.78 is 5.68. The Kier molecular flexibility index (Phi) is 4.65. The van der Waals surface area contributed by atoms with Crippen LogP contribution in [0.5, 0.6) is 5.75 Å². The Morgan fingerprint density at radius 2 is 2.00 bits per heavy atom. The van der Waals surface area contributed by atoms with Crippen molar-refractivity contribution in [1.82, 2.24) is 10.2 Å². The minimum atomic E-state index is -1.70. The van der Waals surface area contributed by atoms with E-state index in [1.165, 1.54) is 6.92 Å². The number of nitrogens with one attached hydrogen (secondary N) is 2. The molecule has 0 aliphatic carbocycles. The molecular formula is C18H23N3O4. The van der Waals surface area contributed by atoms with Crippen molar-refractivity contribution in [3.63, 3.8) is 0 Å². The second kappa shape index (κ2) is 6.74. The first-order valence-electron chi connectivity index (χ1n) is 8.57. The van der Waals surface area contributed by atoms with Crippen molar-refractivity contribution in [3.8, 4) is 5.75 Å². The first-order valence-corrected chi connectivity index (χ1v) is 8.57. The molecule has 1 saturated heterocycles. The monoisotopic (exact) mass is 345 g/mol. The first-order chi connectivity index (χ1) is 11.9. The number of carbonyl (C=O) groups is 3. The van der Waals surface area contributed by atoms with Crippen molar-refractivity contribution in [2.75, 3.05) is 25.0 Å². The standard InChI is InChI=1S/C18H23N3O4/c1-12-6-7-14-13(10-12)20-17(24)18(2,25-14)16(23)19-11-15(22)21-8-4-3-5-9-21/h6-7,10H,3-5,8-9,11H2,1-2H3,(H,19,23)(H,20,24).